The molecule has 1 fully saturated rings. The van der Waals surface area contributed by atoms with E-state index in [0.29, 0.717) is 35.7 Å². The van der Waals surface area contributed by atoms with E-state index in [1.54, 1.807) is 14.0 Å². The zero-order chi connectivity index (χ0) is 27.0. The molecule has 3 N–H and O–H groups in total. The number of fused-ring (bicyclic) bond motifs is 9. The molecule has 200 valence electrons. The van der Waals surface area contributed by atoms with Gasteiger partial charge in [0.2, 0.25) is 12.7 Å². The summed E-state index contributed by atoms with van der Waals surface area (Å²) in [7, 11) is 3.54. The second kappa shape index (κ2) is 8.68. The number of hydrogen-bond donors (Lipinski definition) is 3. The summed E-state index contributed by atoms with van der Waals surface area (Å²) in [6.07, 6.45) is 1.00. The van der Waals surface area contributed by atoms with Crippen molar-refractivity contribution in [2.24, 2.45) is 0 Å². The first-order valence-corrected chi connectivity index (χ1v) is 12.9. The maximum atomic E-state index is 12.1. The Bertz CT molecular complexity index is 1400. The van der Waals surface area contributed by atoms with E-state index in [2.05, 4.69) is 27.3 Å². The van der Waals surface area contributed by atoms with E-state index in [4.69, 9.17) is 14.2 Å². The first-order valence-electron chi connectivity index (χ1n) is 12.9. The normalized spacial score (nSPS) is 27.1. The van der Waals surface area contributed by atoms with Gasteiger partial charge in [-0.05, 0) is 44.9 Å². The first-order chi connectivity index (χ1) is 18.2. The number of phenolic OH excluding ortho intramolecular Hbond substituents is 2. The number of hydrogen-bond acceptors (Lipinski definition) is 9. The fourth-order valence-electron chi connectivity index (χ4n) is 7.28. The van der Waals surface area contributed by atoms with E-state index in [1.807, 2.05) is 14.0 Å². The molecule has 0 aromatic heterocycles. The van der Waals surface area contributed by atoms with Gasteiger partial charge < -0.3 is 29.7 Å². The van der Waals surface area contributed by atoms with E-state index >= 15 is 0 Å². The monoisotopic (exact) mass is 520 g/mol. The minimum absolute atomic E-state index is 0.0401. The smallest absolute Gasteiger partial charge is 0.231 e. The summed E-state index contributed by atoms with van der Waals surface area (Å²) in [5.41, 5.74) is 4.71. The zero-order valence-electron chi connectivity index (χ0n) is 22.2. The molecule has 2 aromatic carbocycles. The number of aryl methyl sites for hydroxylation is 1. The highest BCUT2D eigenvalue weighted by atomic mass is 16.7. The molecule has 4 heterocycles. The summed E-state index contributed by atoms with van der Waals surface area (Å²) in [6, 6.07) is 2.95. The number of nitriles is 1. The van der Waals surface area contributed by atoms with Crippen molar-refractivity contribution in [1.82, 2.24) is 15.1 Å². The Morgan fingerprint density at radius 2 is 1.92 bits per heavy atom. The van der Waals surface area contributed by atoms with Crippen LogP contribution in [0.4, 0.5) is 0 Å². The van der Waals surface area contributed by atoms with Crippen molar-refractivity contribution >= 4 is 5.91 Å². The van der Waals surface area contributed by atoms with Crippen LogP contribution in [0.5, 0.6) is 28.7 Å². The van der Waals surface area contributed by atoms with Crippen LogP contribution >= 0.6 is 0 Å². The molecule has 2 bridgehead atoms. The number of likely N-dealkylation sites (N-methyl/N-ethyl adjacent to an activating group) is 1. The van der Waals surface area contributed by atoms with Gasteiger partial charge in [0.25, 0.3) is 0 Å². The van der Waals surface area contributed by atoms with Crippen LogP contribution in [0.15, 0.2) is 6.07 Å². The van der Waals surface area contributed by atoms with Crippen molar-refractivity contribution in [2.75, 3.05) is 27.5 Å². The number of carbonyl (C=O) groups is 1. The number of aromatic hydroxyl groups is 2. The number of amides is 1. The number of nitrogens with zero attached hydrogens (tertiary/aromatic N) is 3. The second-order valence-corrected chi connectivity index (χ2v) is 10.7. The van der Waals surface area contributed by atoms with E-state index in [9.17, 15) is 20.3 Å². The molecular formula is C28H32N4O6. The topological polar surface area (TPSA) is 128 Å². The third-order valence-electron chi connectivity index (χ3n) is 8.84. The van der Waals surface area contributed by atoms with E-state index in [1.165, 1.54) is 6.92 Å². The Hall–Kier alpha value is -3.68. The quantitative estimate of drug-likeness (QED) is 0.559. The van der Waals surface area contributed by atoms with E-state index in [0.717, 1.165) is 27.8 Å². The average molecular weight is 521 g/mol. The van der Waals surface area contributed by atoms with Gasteiger partial charge in [-0.1, -0.05) is 6.07 Å². The highest BCUT2D eigenvalue weighted by Crippen LogP contribution is 2.58. The number of ether oxygens (including phenoxy) is 3. The van der Waals surface area contributed by atoms with Crippen molar-refractivity contribution in [3.8, 4) is 34.8 Å². The summed E-state index contributed by atoms with van der Waals surface area (Å²) in [6.45, 7) is 5.44. The van der Waals surface area contributed by atoms with E-state index in [-0.39, 0.29) is 48.9 Å². The Kier molecular flexibility index (Phi) is 5.63. The minimum atomic E-state index is -0.507. The van der Waals surface area contributed by atoms with Crippen LogP contribution in [0, 0.1) is 25.2 Å². The number of benzene rings is 2. The first kappa shape index (κ1) is 24.6. The number of nitrogens with one attached hydrogen (secondary N) is 1. The number of rotatable bonds is 3. The van der Waals surface area contributed by atoms with Gasteiger partial charge in [0.05, 0.1) is 25.3 Å². The summed E-state index contributed by atoms with van der Waals surface area (Å²) < 4.78 is 17.2. The number of phenols is 2. The van der Waals surface area contributed by atoms with Gasteiger partial charge >= 0.3 is 0 Å². The molecule has 10 heteroatoms. The molecule has 10 nitrogen and oxygen atoms in total. The lowest BCUT2D eigenvalue weighted by molar-refractivity contribution is -0.120. The maximum absolute atomic E-state index is 12.1. The molecule has 0 aliphatic carbocycles. The fraction of sp³-hybridized carbons (Fsp3) is 0.500. The molecule has 5 atom stereocenters. The molecule has 2 aromatic rings. The van der Waals surface area contributed by atoms with Gasteiger partial charge in [0.1, 0.15) is 11.8 Å². The third-order valence-corrected chi connectivity index (χ3v) is 8.84. The second-order valence-electron chi connectivity index (χ2n) is 10.7. The molecule has 4 aliphatic heterocycles. The molecule has 1 unspecified atom stereocenters. The minimum Gasteiger partial charge on any atom is -0.507 e. The van der Waals surface area contributed by atoms with Crippen LogP contribution in [0.25, 0.3) is 0 Å². The summed E-state index contributed by atoms with van der Waals surface area (Å²) in [4.78, 5) is 16.4. The Morgan fingerprint density at radius 1 is 1.18 bits per heavy atom. The fourth-order valence-corrected chi connectivity index (χ4v) is 7.28. The molecule has 1 saturated heterocycles. The summed E-state index contributed by atoms with van der Waals surface area (Å²) in [5.74, 6) is 1.56. The van der Waals surface area contributed by atoms with Crippen LogP contribution in [0.2, 0.25) is 0 Å². The maximum Gasteiger partial charge on any atom is 0.231 e. The SMILES string of the molecule is COc1c(C)cc2c(c1O)[C@@H]1C3Cc4c(O)c(C)c5c(c4[C@H](CNC(C)=O)N3[C@@H](C#N)[C@H](C2)N1C)OCO5. The van der Waals surface area contributed by atoms with Crippen LogP contribution in [-0.2, 0) is 17.6 Å². The molecule has 0 saturated carbocycles. The lowest BCUT2D eigenvalue weighted by Gasteiger charge is -2.60. The number of methoxy groups -OCH3 is 1. The lowest BCUT2D eigenvalue weighted by Crippen LogP contribution is -2.68. The van der Waals surface area contributed by atoms with Gasteiger partial charge in [-0.25, -0.2) is 0 Å². The molecule has 0 radical (unpaired) electrons. The van der Waals surface area contributed by atoms with Crippen molar-refractivity contribution in [1.29, 1.82) is 5.26 Å². The van der Waals surface area contributed by atoms with Gasteiger partial charge in [-0.15, -0.1) is 0 Å². The summed E-state index contributed by atoms with van der Waals surface area (Å²) >= 11 is 0. The van der Waals surface area contributed by atoms with Crippen LogP contribution in [0.3, 0.4) is 0 Å². The molecule has 6 rings (SSSR count). The van der Waals surface area contributed by atoms with Gasteiger partial charge in [0, 0.05) is 47.8 Å². The predicted molar refractivity (Wildman–Crippen MR) is 137 cm³/mol. The lowest BCUT2D eigenvalue weighted by atomic mass is 9.71. The van der Waals surface area contributed by atoms with Crippen molar-refractivity contribution < 1.29 is 29.2 Å². The van der Waals surface area contributed by atoms with Crippen molar-refractivity contribution in [2.45, 2.75) is 63.8 Å². The molecule has 0 spiro atoms. The molecule has 1 amide bonds. The van der Waals surface area contributed by atoms with Crippen LogP contribution in [-0.4, -0.2) is 71.5 Å². The van der Waals surface area contributed by atoms with Gasteiger partial charge in [-0.3, -0.25) is 14.6 Å². The summed E-state index contributed by atoms with van der Waals surface area (Å²) in [5, 5.41) is 36.3. The van der Waals surface area contributed by atoms with Crippen LogP contribution < -0.4 is 19.5 Å². The highest BCUT2D eigenvalue weighted by molar-refractivity contribution is 5.73. The molecule has 4 aliphatic rings. The Labute approximate surface area is 221 Å². The van der Waals surface area contributed by atoms with Gasteiger partial charge in [-0.2, -0.15) is 5.26 Å². The Balaban J connectivity index is 1.60. The molecular weight excluding hydrogens is 488 g/mol. The van der Waals surface area contributed by atoms with Crippen LogP contribution in [0.1, 0.15) is 52.4 Å². The van der Waals surface area contributed by atoms with Crippen molar-refractivity contribution in [3.63, 3.8) is 0 Å². The average Bonchev–Trinajstić information content (AvgIpc) is 3.36. The molecule has 38 heavy (non-hydrogen) atoms. The predicted octanol–water partition coefficient (Wildman–Crippen LogP) is 2.36. The Morgan fingerprint density at radius 3 is 2.61 bits per heavy atom. The van der Waals surface area contributed by atoms with Gasteiger partial charge in [0.15, 0.2) is 23.0 Å². The number of carbonyl (C=O) groups excluding carboxylic acids is 1. The standard InChI is InChI=1S/C28H32N4O6/c1-12-6-15-7-17-19(9-29)32-18(23(31(17)4)21(15)25(35)26(12)36-5)8-16-22(20(32)10-30-14(3)33)28-27(37-11-38-28)13(2)24(16)34/h6,17-20,23,34-35H,7-8,10-11H2,1-5H3,(H,30,33)/t17-,18?,19-,20-,23-/m0/s1. The van der Waals surface area contributed by atoms with Crippen molar-refractivity contribution in [3.05, 3.63) is 39.4 Å². The number of piperazine rings is 1. The third kappa shape index (κ3) is 3.21. The highest BCUT2D eigenvalue weighted by Gasteiger charge is 2.56. The zero-order valence-corrected chi connectivity index (χ0v) is 22.2. The van der Waals surface area contributed by atoms with E-state index < -0.39 is 12.1 Å². The largest absolute Gasteiger partial charge is 0.507 e.